The number of nitrogens with zero attached hydrogens (tertiary/aromatic N) is 3. The average molecular weight is 286 g/mol. The van der Waals surface area contributed by atoms with Crippen molar-refractivity contribution in [1.82, 2.24) is 19.9 Å². The number of nitrogens with one attached hydrogen (secondary N) is 1. The molecule has 4 rings (SSSR count). The van der Waals surface area contributed by atoms with Crippen molar-refractivity contribution in [2.24, 2.45) is 0 Å². The van der Waals surface area contributed by atoms with E-state index < -0.39 is 0 Å². The van der Waals surface area contributed by atoms with Gasteiger partial charge in [0.1, 0.15) is 17.0 Å². The fourth-order valence-electron chi connectivity index (χ4n) is 2.53. The highest BCUT2D eigenvalue weighted by Gasteiger charge is 2.13. The maximum atomic E-state index is 4.77. The standard InChI is InChI=1S/C18H14N4/c1-12-19-16-15(13-8-4-2-5-9-13)21-17(22-18(16)20-12)14-10-6-3-7-11-14/h2-11H,1H3,(H,19,20,21,22). The number of imidazole rings is 1. The Morgan fingerprint density at radius 3 is 2.05 bits per heavy atom. The third-order valence-corrected chi connectivity index (χ3v) is 3.55. The Balaban J connectivity index is 2.02. The molecule has 0 spiro atoms. The molecule has 4 heteroatoms. The zero-order valence-corrected chi connectivity index (χ0v) is 12.1. The van der Waals surface area contributed by atoms with Crippen molar-refractivity contribution in [2.75, 3.05) is 0 Å². The number of aromatic nitrogens is 4. The van der Waals surface area contributed by atoms with Crippen LogP contribution in [-0.4, -0.2) is 19.9 Å². The number of rotatable bonds is 2. The first-order chi connectivity index (χ1) is 10.8. The van der Waals surface area contributed by atoms with Crippen molar-refractivity contribution in [1.29, 1.82) is 0 Å². The topological polar surface area (TPSA) is 54.5 Å². The molecule has 2 heterocycles. The molecule has 22 heavy (non-hydrogen) atoms. The van der Waals surface area contributed by atoms with Gasteiger partial charge in [-0.25, -0.2) is 15.0 Å². The highest BCUT2D eigenvalue weighted by atomic mass is 15.0. The second kappa shape index (κ2) is 5.07. The summed E-state index contributed by atoms with van der Waals surface area (Å²) in [6.07, 6.45) is 0. The van der Waals surface area contributed by atoms with E-state index in [2.05, 4.69) is 15.0 Å². The molecule has 1 N–H and O–H groups in total. The summed E-state index contributed by atoms with van der Waals surface area (Å²) in [5, 5.41) is 0. The van der Waals surface area contributed by atoms with E-state index in [1.165, 1.54) is 0 Å². The van der Waals surface area contributed by atoms with E-state index in [1.54, 1.807) is 0 Å². The van der Waals surface area contributed by atoms with Crippen LogP contribution in [0.2, 0.25) is 0 Å². The average Bonchev–Trinajstić information content (AvgIpc) is 2.95. The number of benzene rings is 2. The van der Waals surface area contributed by atoms with E-state index in [9.17, 15) is 0 Å². The Hall–Kier alpha value is -3.01. The number of fused-ring (bicyclic) bond motifs is 1. The van der Waals surface area contributed by atoms with Gasteiger partial charge in [0.2, 0.25) is 0 Å². The maximum Gasteiger partial charge on any atom is 0.182 e. The van der Waals surface area contributed by atoms with Gasteiger partial charge in [-0.05, 0) is 6.92 Å². The predicted octanol–water partition coefficient (Wildman–Crippen LogP) is 4.00. The van der Waals surface area contributed by atoms with Crippen molar-refractivity contribution < 1.29 is 0 Å². The van der Waals surface area contributed by atoms with E-state index in [-0.39, 0.29) is 0 Å². The predicted molar refractivity (Wildman–Crippen MR) is 87.3 cm³/mol. The molecule has 0 unspecified atom stereocenters. The highest BCUT2D eigenvalue weighted by molar-refractivity contribution is 5.88. The molecular formula is C18H14N4. The van der Waals surface area contributed by atoms with Crippen LogP contribution in [0.25, 0.3) is 33.8 Å². The molecule has 0 saturated carbocycles. The molecular weight excluding hydrogens is 272 g/mol. The number of hydrogen-bond donors (Lipinski definition) is 1. The fourth-order valence-corrected chi connectivity index (χ4v) is 2.53. The van der Waals surface area contributed by atoms with Crippen LogP contribution in [0.4, 0.5) is 0 Å². The molecule has 2 aromatic carbocycles. The first kappa shape index (κ1) is 12.7. The van der Waals surface area contributed by atoms with Crippen molar-refractivity contribution in [2.45, 2.75) is 6.92 Å². The summed E-state index contributed by atoms with van der Waals surface area (Å²) in [4.78, 5) is 17.1. The summed E-state index contributed by atoms with van der Waals surface area (Å²) in [6, 6.07) is 20.1. The lowest BCUT2D eigenvalue weighted by molar-refractivity contribution is 1.16. The lowest BCUT2D eigenvalue weighted by atomic mass is 10.1. The van der Waals surface area contributed by atoms with Crippen molar-refractivity contribution >= 4 is 11.2 Å². The van der Waals surface area contributed by atoms with E-state index in [1.807, 2.05) is 67.6 Å². The van der Waals surface area contributed by atoms with Crippen LogP contribution in [-0.2, 0) is 0 Å². The smallest absolute Gasteiger partial charge is 0.182 e. The molecule has 0 radical (unpaired) electrons. The number of aromatic amines is 1. The van der Waals surface area contributed by atoms with Crippen LogP contribution in [0, 0.1) is 6.92 Å². The van der Waals surface area contributed by atoms with Gasteiger partial charge in [-0.2, -0.15) is 0 Å². The largest absolute Gasteiger partial charge is 0.339 e. The molecule has 106 valence electrons. The number of aryl methyl sites for hydroxylation is 1. The van der Waals surface area contributed by atoms with Crippen LogP contribution in [0.15, 0.2) is 60.7 Å². The van der Waals surface area contributed by atoms with Crippen LogP contribution in [0.5, 0.6) is 0 Å². The fraction of sp³-hybridized carbons (Fsp3) is 0.0556. The molecule has 0 saturated heterocycles. The Morgan fingerprint density at radius 1 is 0.727 bits per heavy atom. The molecule has 2 aromatic heterocycles. The van der Waals surface area contributed by atoms with E-state index in [4.69, 9.17) is 4.98 Å². The third kappa shape index (κ3) is 2.15. The SMILES string of the molecule is Cc1nc2nc(-c3ccccc3)nc(-c3ccccc3)c2[nH]1. The molecule has 0 aliphatic rings. The third-order valence-electron chi connectivity index (χ3n) is 3.55. The first-order valence-corrected chi connectivity index (χ1v) is 7.16. The van der Waals surface area contributed by atoms with E-state index >= 15 is 0 Å². The monoisotopic (exact) mass is 286 g/mol. The molecule has 4 nitrogen and oxygen atoms in total. The quantitative estimate of drug-likeness (QED) is 0.606. The second-order valence-corrected chi connectivity index (χ2v) is 5.15. The summed E-state index contributed by atoms with van der Waals surface area (Å²) in [6.45, 7) is 1.93. The minimum absolute atomic E-state index is 0.693. The lowest BCUT2D eigenvalue weighted by Crippen LogP contribution is -1.94. The molecule has 0 atom stereocenters. The van der Waals surface area contributed by atoms with Gasteiger partial charge >= 0.3 is 0 Å². The lowest BCUT2D eigenvalue weighted by Gasteiger charge is -2.05. The maximum absolute atomic E-state index is 4.77. The van der Waals surface area contributed by atoms with Gasteiger partial charge in [0.05, 0.1) is 0 Å². The molecule has 4 aromatic rings. The highest BCUT2D eigenvalue weighted by Crippen LogP contribution is 2.27. The zero-order chi connectivity index (χ0) is 14.9. The Kier molecular flexibility index (Phi) is 2.93. The minimum Gasteiger partial charge on any atom is -0.339 e. The summed E-state index contributed by atoms with van der Waals surface area (Å²) in [7, 11) is 0. The van der Waals surface area contributed by atoms with Gasteiger partial charge < -0.3 is 4.98 Å². The molecule has 0 fully saturated rings. The van der Waals surface area contributed by atoms with Crippen molar-refractivity contribution in [3.05, 3.63) is 66.5 Å². The Labute approximate surface area is 127 Å². The second-order valence-electron chi connectivity index (χ2n) is 5.15. The Morgan fingerprint density at radius 2 is 1.36 bits per heavy atom. The summed E-state index contributed by atoms with van der Waals surface area (Å²) < 4.78 is 0. The Bertz CT molecular complexity index is 927. The van der Waals surface area contributed by atoms with Gasteiger partial charge in [-0.1, -0.05) is 60.7 Å². The number of hydrogen-bond acceptors (Lipinski definition) is 3. The van der Waals surface area contributed by atoms with Gasteiger partial charge in [-0.3, -0.25) is 0 Å². The molecule has 0 amide bonds. The molecule has 0 bridgehead atoms. The first-order valence-electron chi connectivity index (χ1n) is 7.16. The molecule has 0 aliphatic heterocycles. The van der Waals surface area contributed by atoms with Gasteiger partial charge in [0.25, 0.3) is 0 Å². The van der Waals surface area contributed by atoms with Crippen molar-refractivity contribution in [3.8, 4) is 22.6 Å². The van der Waals surface area contributed by atoms with Crippen LogP contribution in [0.1, 0.15) is 5.82 Å². The van der Waals surface area contributed by atoms with Gasteiger partial charge in [-0.15, -0.1) is 0 Å². The van der Waals surface area contributed by atoms with Crippen LogP contribution >= 0.6 is 0 Å². The van der Waals surface area contributed by atoms with E-state index in [0.29, 0.717) is 11.5 Å². The van der Waals surface area contributed by atoms with Crippen molar-refractivity contribution in [3.63, 3.8) is 0 Å². The summed E-state index contributed by atoms with van der Waals surface area (Å²) in [5.74, 6) is 1.53. The molecule has 0 aliphatic carbocycles. The van der Waals surface area contributed by atoms with Crippen LogP contribution < -0.4 is 0 Å². The van der Waals surface area contributed by atoms with Gasteiger partial charge in [0.15, 0.2) is 11.5 Å². The van der Waals surface area contributed by atoms with E-state index in [0.717, 1.165) is 28.2 Å². The summed E-state index contributed by atoms with van der Waals surface area (Å²) >= 11 is 0. The van der Waals surface area contributed by atoms with Crippen LogP contribution in [0.3, 0.4) is 0 Å². The van der Waals surface area contributed by atoms with Gasteiger partial charge in [0, 0.05) is 11.1 Å². The minimum atomic E-state index is 0.693. The number of H-pyrrole nitrogens is 1. The zero-order valence-electron chi connectivity index (χ0n) is 12.1. The normalized spacial score (nSPS) is 11.0. The summed E-state index contributed by atoms with van der Waals surface area (Å²) in [5.41, 5.74) is 4.50.